The second-order valence-electron chi connectivity index (χ2n) is 13.4. The van der Waals surface area contributed by atoms with Gasteiger partial charge < -0.3 is 29.3 Å². The number of aliphatic hydroxyl groups is 1. The number of aliphatic hydroxyl groups excluding tert-OH is 1. The highest BCUT2D eigenvalue weighted by atomic mass is 35.5. The summed E-state index contributed by atoms with van der Waals surface area (Å²) in [7, 11) is 0. The summed E-state index contributed by atoms with van der Waals surface area (Å²) < 4.78 is 39.0. The number of halogens is 2. The fourth-order valence-electron chi connectivity index (χ4n) is 6.24. The lowest BCUT2D eigenvalue weighted by Gasteiger charge is -2.30. The maximum atomic E-state index is 16.0. The largest absolute Gasteiger partial charge is 0.494 e. The molecular weight excluding hydrogens is 703 g/mol. The van der Waals surface area contributed by atoms with Crippen LogP contribution in [0.25, 0.3) is 22.2 Å². The van der Waals surface area contributed by atoms with Gasteiger partial charge in [0.15, 0.2) is 0 Å². The van der Waals surface area contributed by atoms with Crippen LogP contribution in [-0.4, -0.2) is 70.3 Å². The van der Waals surface area contributed by atoms with Crippen LogP contribution >= 0.6 is 11.6 Å². The molecule has 0 bridgehead atoms. The van der Waals surface area contributed by atoms with Gasteiger partial charge in [-0.1, -0.05) is 54.9 Å². The lowest BCUT2D eigenvalue weighted by Crippen LogP contribution is -2.39. The van der Waals surface area contributed by atoms with E-state index in [2.05, 4.69) is 27.5 Å². The third-order valence-electron chi connectivity index (χ3n) is 9.47. The van der Waals surface area contributed by atoms with E-state index in [-0.39, 0.29) is 30.5 Å². The number of unbranched alkanes of at least 4 members (excludes halogenated alkanes) is 1. The van der Waals surface area contributed by atoms with Gasteiger partial charge in [0.2, 0.25) is 0 Å². The molecule has 0 spiro atoms. The van der Waals surface area contributed by atoms with Gasteiger partial charge in [0.25, 0.3) is 0 Å². The van der Waals surface area contributed by atoms with E-state index in [9.17, 15) is 15.0 Å². The fourth-order valence-corrected chi connectivity index (χ4v) is 6.48. The second-order valence-corrected chi connectivity index (χ2v) is 13.8. The number of hydrogen-bond donors (Lipinski definition) is 3. The zero-order valence-electron chi connectivity index (χ0n) is 29.6. The minimum atomic E-state index is -1.20. The minimum absolute atomic E-state index is 0.0244. The lowest BCUT2D eigenvalue weighted by molar-refractivity contribution is -0.140. The number of nitrogens with zero attached hydrogens (tertiary/aromatic N) is 3. The normalized spacial score (nSPS) is 14.3. The molecule has 5 aromatic rings. The van der Waals surface area contributed by atoms with E-state index in [0.29, 0.717) is 51.4 Å². The monoisotopic (exact) mass is 746 g/mol. The van der Waals surface area contributed by atoms with Gasteiger partial charge in [-0.05, 0) is 103 Å². The molecule has 3 N–H and O–H groups in total. The first-order chi connectivity index (χ1) is 25.8. The predicted octanol–water partition coefficient (Wildman–Crippen LogP) is 7.27. The van der Waals surface area contributed by atoms with Crippen LogP contribution in [0.4, 0.5) is 4.39 Å². The zero-order chi connectivity index (χ0) is 37.2. The maximum absolute atomic E-state index is 16.0. The van der Waals surface area contributed by atoms with E-state index in [1.807, 2.05) is 30.3 Å². The molecule has 53 heavy (non-hydrogen) atoms. The number of carbonyl (C=O) groups is 1. The number of aliphatic carboxylic acids is 1. The molecule has 1 aromatic heterocycles. The molecule has 1 fully saturated rings. The second kappa shape index (κ2) is 18.3. The lowest BCUT2D eigenvalue weighted by atomic mass is 9.99. The van der Waals surface area contributed by atoms with Gasteiger partial charge >= 0.3 is 5.97 Å². The Balaban J connectivity index is 1.11. The van der Waals surface area contributed by atoms with Crippen LogP contribution < -0.4 is 19.5 Å². The first-order valence-corrected chi connectivity index (χ1v) is 18.2. The Bertz CT molecular complexity index is 1980. The maximum Gasteiger partial charge on any atom is 0.323 e. The average Bonchev–Trinajstić information content (AvgIpc) is 3.63. The molecule has 1 atom stereocenters. The summed E-state index contributed by atoms with van der Waals surface area (Å²) in [6, 6.07) is 19.9. The van der Waals surface area contributed by atoms with E-state index in [1.54, 1.807) is 42.5 Å². The van der Waals surface area contributed by atoms with Crippen LogP contribution in [-0.2, 0) is 24.6 Å². The van der Waals surface area contributed by atoms with Crippen molar-refractivity contribution >= 4 is 28.6 Å². The predicted molar refractivity (Wildman–Crippen MR) is 199 cm³/mol. The SMILES string of the molecule is CC1CCN(CCCCOc2cccc(-c3cccc(COc4cc(OCc5ccc6nonc6c5)c(CN[C@H](CO)C(=O)O)cc4Cl)c3F)c2)CC1. The van der Waals surface area contributed by atoms with Crippen LogP contribution in [0.1, 0.15) is 49.3 Å². The van der Waals surface area contributed by atoms with Crippen LogP contribution in [0.15, 0.2) is 77.4 Å². The number of ether oxygens (including phenoxy) is 3. The van der Waals surface area contributed by atoms with Crippen LogP contribution in [0.2, 0.25) is 5.02 Å². The number of carboxylic acids is 1. The van der Waals surface area contributed by atoms with Crippen molar-refractivity contribution < 1.29 is 38.2 Å². The molecule has 1 saturated heterocycles. The van der Waals surface area contributed by atoms with Gasteiger partial charge in [0.1, 0.15) is 53.4 Å². The smallest absolute Gasteiger partial charge is 0.323 e. The molecule has 280 valence electrons. The number of rotatable bonds is 18. The third-order valence-corrected chi connectivity index (χ3v) is 9.76. The molecular formula is C40H44ClFN4O7. The van der Waals surface area contributed by atoms with Gasteiger partial charge in [-0.15, -0.1) is 0 Å². The summed E-state index contributed by atoms with van der Waals surface area (Å²) in [5.74, 6) is 0.489. The Morgan fingerprint density at radius 1 is 0.962 bits per heavy atom. The Morgan fingerprint density at radius 3 is 2.57 bits per heavy atom. The summed E-state index contributed by atoms with van der Waals surface area (Å²) in [6.45, 7) is 5.79. The third kappa shape index (κ3) is 10.2. The number of fused-ring (bicyclic) bond motifs is 1. The summed E-state index contributed by atoms with van der Waals surface area (Å²) >= 11 is 6.63. The van der Waals surface area contributed by atoms with Crippen molar-refractivity contribution in [2.75, 3.05) is 32.8 Å². The Kier molecular flexibility index (Phi) is 13.1. The van der Waals surface area contributed by atoms with Crippen LogP contribution in [0, 0.1) is 11.7 Å². The summed E-state index contributed by atoms with van der Waals surface area (Å²) in [5.41, 5.74) is 3.91. The summed E-state index contributed by atoms with van der Waals surface area (Å²) in [6.07, 6.45) is 4.57. The molecule has 0 amide bonds. The van der Waals surface area contributed by atoms with Gasteiger partial charge in [-0.3, -0.25) is 10.1 Å². The standard InChI is InChI=1S/C40H44ClFN4O7/c1-26-12-15-46(16-13-26)14-2-3-17-50-31-8-4-6-28(19-31)32-9-5-7-29(39(32)42)25-52-38-21-37(30(20-33(38)41)22-43-36(23-47)40(48)49)51-24-27-10-11-34-35(18-27)45-53-44-34/h4-11,18-21,26,36,43,47H,2-3,12-17,22-25H2,1H3,(H,48,49)/t36-/m1/s1. The van der Waals surface area contributed by atoms with E-state index in [0.717, 1.165) is 30.9 Å². The first kappa shape index (κ1) is 38.0. The van der Waals surface area contributed by atoms with Gasteiger partial charge in [-0.25, -0.2) is 9.02 Å². The van der Waals surface area contributed by atoms with Gasteiger partial charge in [0, 0.05) is 29.3 Å². The van der Waals surface area contributed by atoms with Gasteiger partial charge in [0.05, 0.1) is 18.2 Å². The van der Waals surface area contributed by atoms with E-state index >= 15 is 4.39 Å². The van der Waals surface area contributed by atoms with Crippen molar-refractivity contribution in [1.29, 1.82) is 0 Å². The van der Waals surface area contributed by atoms with Crippen molar-refractivity contribution in [3.8, 4) is 28.4 Å². The average molecular weight is 747 g/mol. The Hall–Kier alpha value is -4.75. The molecule has 0 saturated carbocycles. The number of piperidine rings is 1. The molecule has 2 heterocycles. The topological polar surface area (TPSA) is 139 Å². The number of likely N-dealkylation sites (tertiary alicyclic amines) is 1. The molecule has 0 radical (unpaired) electrons. The minimum Gasteiger partial charge on any atom is -0.494 e. The van der Waals surface area contributed by atoms with Crippen molar-refractivity contribution in [3.05, 3.63) is 100 Å². The van der Waals surface area contributed by atoms with Crippen molar-refractivity contribution in [1.82, 2.24) is 20.5 Å². The van der Waals surface area contributed by atoms with Crippen molar-refractivity contribution in [2.45, 2.75) is 58.4 Å². The first-order valence-electron chi connectivity index (χ1n) is 17.9. The quantitative estimate of drug-likeness (QED) is 0.0781. The molecule has 13 heteroatoms. The molecule has 1 aliphatic rings. The number of benzene rings is 4. The van der Waals surface area contributed by atoms with Crippen LogP contribution in [0.5, 0.6) is 17.2 Å². The molecule has 0 aliphatic carbocycles. The number of hydrogen-bond acceptors (Lipinski definition) is 10. The fraction of sp³-hybridized carbons (Fsp3) is 0.375. The molecule has 0 unspecified atom stereocenters. The Morgan fingerprint density at radius 2 is 1.75 bits per heavy atom. The molecule has 6 rings (SSSR count). The number of nitrogens with one attached hydrogen (secondary N) is 1. The number of carboxylic acid groups (broad SMARTS) is 1. The highest BCUT2D eigenvalue weighted by molar-refractivity contribution is 6.32. The van der Waals surface area contributed by atoms with Crippen molar-refractivity contribution in [2.24, 2.45) is 5.92 Å². The molecule has 1 aliphatic heterocycles. The molecule has 4 aromatic carbocycles. The van der Waals surface area contributed by atoms with E-state index in [4.69, 9.17) is 30.4 Å². The summed E-state index contributed by atoms with van der Waals surface area (Å²) in [4.78, 5) is 14.0. The number of aromatic nitrogens is 2. The highest BCUT2D eigenvalue weighted by Crippen LogP contribution is 2.35. The highest BCUT2D eigenvalue weighted by Gasteiger charge is 2.19. The van der Waals surface area contributed by atoms with E-state index < -0.39 is 24.4 Å². The zero-order valence-corrected chi connectivity index (χ0v) is 30.4. The van der Waals surface area contributed by atoms with Gasteiger partial charge in [-0.2, -0.15) is 0 Å². The summed E-state index contributed by atoms with van der Waals surface area (Å²) in [5, 5.41) is 29.6. The van der Waals surface area contributed by atoms with Crippen molar-refractivity contribution in [3.63, 3.8) is 0 Å². The van der Waals surface area contributed by atoms with E-state index in [1.165, 1.54) is 25.9 Å². The Labute approximate surface area is 312 Å². The van der Waals surface area contributed by atoms with Crippen LogP contribution in [0.3, 0.4) is 0 Å². The molecule has 11 nitrogen and oxygen atoms in total.